The first-order chi connectivity index (χ1) is 6.63. The van der Waals surface area contributed by atoms with Crippen LogP contribution in [0.3, 0.4) is 0 Å². The SMILES string of the molecule is Cc1cccc(C(=NC(C)C)NN)c1. The van der Waals surface area contributed by atoms with Crippen LogP contribution < -0.4 is 11.3 Å². The molecule has 3 N–H and O–H groups in total. The first kappa shape index (κ1) is 10.7. The number of rotatable bonds is 2. The second-order valence-corrected chi connectivity index (χ2v) is 3.59. The van der Waals surface area contributed by atoms with E-state index in [9.17, 15) is 0 Å². The van der Waals surface area contributed by atoms with E-state index in [1.54, 1.807) is 0 Å². The summed E-state index contributed by atoms with van der Waals surface area (Å²) in [5, 5.41) is 0. The molecule has 0 aromatic heterocycles. The van der Waals surface area contributed by atoms with E-state index in [1.807, 2.05) is 39.0 Å². The zero-order valence-electron chi connectivity index (χ0n) is 8.91. The summed E-state index contributed by atoms with van der Waals surface area (Å²) in [7, 11) is 0. The Kier molecular flexibility index (Phi) is 3.65. The van der Waals surface area contributed by atoms with Crippen molar-refractivity contribution in [1.29, 1.82) is 0 Å². The van der Waals surface area contributed by atoms with E-state index in [4.69, 9.17) is 5.84 Å². The molecule has 0 fully saturated rings. The lowest BCUT2D eigenvalue weighted by Crippen LogP contribution is -2.32. The minimum atomic E-state index is 0.238. The van der Waals surface area contributed by atoms with Gasteiger partial charge in [0.25, 0.3) is 0 Å². The number of nitrogens with two attached hydrogens (primary N) is 1. The molecule has 0 saturated carbocycles. The van der Waals surface area contributed by atoms with Gasteiger partial charge in [0.05, 0.1) is 0 Å². The topological polar surface area (TPSA) is 50.4 Å². The van der Waals surface area contributed by atoms with Gasteiger partial charge in [-0.25, -0.2) is 5.84 Å². The van der Waals surface area contributed by atoms with Crippen molar-refractivity contribution in [2.45, 2.75) is 26.8 Å². The zero-order valence-corrected chi connectivity index (χ0v) is 8.91. The lowest BCUT2D eigenvalue weighted by Gasteiger charge is -2.08. The largest absolute Gasteiger partial charge is 0.308 e. The maximum atomic E-state index is 5.42. The Morgan fingerprint density at radius 1 is 1.43 bits per heavy atom. The molecule has 0 atom stereocenters. The maximum Gasteiger partial charge on any atom is 0.142 e. The van der Waals surface area contributed by atoms with Gasteiger partial charge in [-0.3, -0.25) is 4.99 Å². The molecule has 0 heterocycles. The molecule has 76 valence electrons. The number of amidine groups is 1. The highest BCUT2D eigenvalue weighted by atomic mass is 15.3. The predicted molar refractivity (Wildman–Crippen MR) is 60.2 cm³/mol. The monoisotopic (exact) mass is 191 g/mol. The van der Waals surface area contributed by atoms with E-state index in [2.05, 4.69) is 16.5 Å². The van der Waals surface area contributed by atoms with Crippen LogP contribution in [0.2, 0.25) is 0 Å². The van der Waals surface area contributed by atoms with E-state index < -0.39 is 0 Å². The molecule has 0 aliphatic carbocycles. The van der Waals surface area contributed by atoms with Crippen LogP contribution >= 0.6 is 0 Å². The van der Waals surface area contributed by atoms with Crippen LogP contribution in [0.5, 0.6) is 0 Å². The second kappa shape index (κ2) is 4.77. The molecule has 1 aromatic carbocycles. The molecule has 0 unspecified atom stereocenters. The van der Waals surface area contributed by atoms with Gasteiger partial charge in [0.15, 0.2) is 0 Å². The number of benzene rings is 1. The van der Waals surface area contributed by atoms with E-state index >= 15 is 0 Å². The van der Waals surface area contributed by atoms with Crippen LogP contribution in [0.4, 0.5) is 0 Å². The van der Waals surface area contributed by atoms with Crippen LogP contribution in [-0.2, 0) is 0 Å². The molecule has 0 radical (unpaired) electrons. The maximum absolute atomic E-state index is 5.42. The van der Waals surface area contributed by atoms with Gasteiger partial charge in [-0.15, -0.1) is 0 Å². The number of hydrogen-bond donors (Lipinski definition) is 2. The summed E-state index contributed by atoms with van der Waals surface area (Å²) in [5.74, 6) is 6.16. The number of aliphatic imine (C=N–C) groups is 1. The third-order valence-electron chi connectivity index (χ3n) is 1.82. The van der Waals surface area contributed by atoms with E-state index in [-0.39, 0.29) is 6.04 Å². The summed E-state index contributed by atoms with van der Waals surface area (Å²) in [4.78, 5) is 4.39. The number of hydrazine groups is 1. The molecule has 3 nitrogen and oxygen atoms in total. The standard InChI is InChI=1S/C11H17N3/c1-8(2)13-11(14-12)10-6-4-5-9(3)7-10/h4-8H,12H2,1-3H3,(H,13,14). The van der Waals surface area contributed by atoms with Gasteiger partial charge in [-0.05, 0) is 26.8 Å². The lowest BCUT2D eigenvalue weighted by atomic mass is 10.1. The van der Waals surface area contributed by atoms with Crippen molar-refractivity contribution in [2.75, 3.05) is 0 Å². The van der Waals surface area contributed by atoms with Crippen LogP contribution in [0.1, 0.15) is 25.0 Å². The van der Waals surface area contributed by atoms with Crippen molar-refractivity contribution >= 4 is 5.84 Å². The summed E-state index contributed by atoms with van der Waals surface area (Å²) in [6.07, 6.45) is 0. The van der Waals surface area contributed by atoms with Crippen molar-refractivity contribution in [1.82, 2.24) is 5.43 Å². The third kappa shape index (κ3) is 2.85. The fraction of sp³-hybridized carbons (Fsp3) is 0.364. The number of hydrogen-bond acceptors (Lipinski definition) is 2. The van der Waals surface area contributed by atoms with Gasteiger partial charge in [-0.1, -0.05) is 23.8 Å². The molecule has 0 saturated heterocycles. The van der Waals surface area contributed by atoms with Crippen molar-refractivity contribution in [2.24, 2.45) is 10.8 Å². The third-order valence-corrected chi connectivity index (χ3v) is 1.82. The Morgan fingerprint density at radius 2 is 2.14 bits per heavy atom. The molecule has 0 amide bonds. The normalized spacial score (nSPS) is 11.9. The molecule has 0 spiro atoms. The molecule has 0 bridgehead atoms. The number of aryl methyl sites for hydroxylation is 1. The first-order valence-electron chi connectivity index (χ1n) is 4.75. The molecule has 0 aliphatic rings. The molecule has 14 heavy (non-hydrogen) atoms. The minimum absolute atomic E-state index is 0.238. The summed E-state index contributed by atoms with van der Waals surface area (Å²) in [6, 6.07) is 8.33. The highest BCUT2D eigenvalue weighted by Crippen LogP contribution is 2.05. The van der Waals surface area contributed by atoms with E-state index in [0.717, 1.165) is 11.4 Å². The smallest absolute Gasteiger partial charge is 0.142 e. The Morgan fingerprint density at radius 3 is 2.64 bits per heavy atom. The first-order valence-corrected chi connectivity index (χ1v) is 4.75. The number of nitrogens with zero attached hydrogens (tertiary/aromatic N) is 1. The number of nitrogens with one attached hydrogen (secondary N) is 1. The molecule has 1 aromatic rings. The van der Waals surface area contributed by atoms with Crippen LogP contribution in [0, 0.1) is 6.92 Å². The average molecular weight is 191 g/mol. The van der Waals surface area contributed by atoms with Crippen molar-refractivity contribution in [3.8, 4) is 0 Å². The Bertz CT molecular complexity index is 329. The Balaban J connectivity index is 3.01. The Labute approximate surface area is 85.0 Å². The van der Waals surface area contributed by atoms with Crippen molar-refractivity contribution in [3.05, 3.63) is 35.4 Å². The van der Waals surface area contributed by atoms with Gasteiger partial charge < -0.3 is 5.43 Å². The summed E-state index contributed by atoms with van der Waals surface area (Å²) >= 11 is 0. The Hall–Kier alpha value is -1.35. The molecule has 1 rings (SSSR count). The van der Waals surface area contributed by atoms with Crippen molar-refractivity contribution in [3.63, 3.8) is 0 Å². The fourth-order valence-corrected chi connectivity index (χ4v) is 1.25. The highest BCUT2D eigenvalue weighted by Gasteiger charge is 2.01. The van der Waals surface area contributed by atoms with Gasteiger partial charge in [0, 0.05) is 11.6 Å². The lowest BCUT2D eigenvalue weighted by molar-refractivity contribution is 0.820. The predicted octanol–water partition coefficient (Wildman–Crippen LogP) is 1.61. The molecular weight excluding hydrogens is 174 g/mol. The van der Waals surface area contributed by atoms with Gasteiger partial charge in [0.1, 0.15) is 5.84 Å². The van der Waals surface area contributed by atoms with Gasteiger partial charge in [0.2, 0.25) is 0 Å². The molecule has 3 heteroatoms. The quantitative estimate of drug-likeness (QED) is 0.323. The fourth-order valence-electron chi connectivity index (χ4n) is 1.25. The van der Waals surface area contributed by atoms with E-state index in [1.165, 1.54) is 5.56 Å². The summed E-state index contributed by atoms with van der Waals surface area (Å²) < 4.78 is 0. The summed E-state index contributed by atoms with van der Waals surface area (Å²) in [6.45, 7) is 6.09. The second-order valence-electron chi connectivity index (χ2n) is 3.59. The molecule has 0 aliphatic heterocycles. The van der Waals surface area contributed by atoms with Gasteiger partial charge in [-0.2, -0.15) is 0 Å². The summed E-state index contributed by atoms with van der Waals surface area (Å²) in [5.41, 5.74) is 4.86. The van der Waals surface area contributed by atoms with Gasteiger partial charge >= 0.3 is 0 Å². The highest BCUT2D eigenvalue weighted by molar-refractivity contribution is 5.98. The van der Waals surface area contributed by atoms with Crippen LogP contribution in [-0.4, -0.2) is 11.9 Å². The van der Waals surface area contributed by atoms with Crippen molar-refractivity contribution < 1.29 is 0 Å². The minimum Gasteiger partial charge on any atom is -0.308 e. The van der Waals surface area contributed by atoms with E-state index in [0.29, 0.717) is 0 Å². The average Bonchev–Trinajstić information content (AvgIpc) is 2.14. The van der Waals surface area contributed by atoms with Crippen LogP contribution in [0.15, 0.2) is 29.3 Å². The van der Waals surface area contributed by atoms with Crippen LogP contribution in [0.25, 0.3) is 0 Å². The molecular formula is C11H17N3. The zero-order chi connectivity index (χ0) is 10.6.